The van der Waals surface area contributed by atoms with Crippen LogP contribution in [0.1, 0.15) is 0 Å². The Morgan fingerprint density at radius 1 is 0.846 bits per heavy atom. The molecule has 0 aromatic rings. The summed E-state index contributed by atoms with van der Waals surface area (Å²) in [6, 6.07) is 0. The van der Waals surface area contributed by atoms with Gasteiger partial charge in [-0.25, -0.2) is 13.6 Å². The van der Waals surface area contributed by atoms with Gasteiger partial charge >= 0.3 is 14.9 Å². The summed E-state index contributed by atoms with van der Waals surface area (Å²) in [4.78, 5) is 0. The van der Waals surface area contributed by atoms with Crippen LogP contribution >= 0.6 is 87.8 Å². The Kier molecular flexibility index (Phi) is 5.85. The third-order valence-corrected chi connectivity index (χ3v) is 2.93. The third kappa shape index (κ3) is 10.5. The summed E-state index contributed by atoms with van der Waals surface area (Å²) < 4.78 is 14.7. The molecule has 0 saturated carbocycles. The first-order chi connectivity index (χ1) is 5.41. The maximum absolute atomic E-state index is 11.1. The van der Waals surface area contributed by atoms with Gasteiger partial charge in [0.25, 0.3) is 0 Å². The van der Waals surface area contributed by atoms with Crippen molar-refractivity contribution < 1.29 is 13.6 Å². The molecule has 0 bridgehead atoms. The number of hydrogen-bond acceptors (Lipinski definition) is 3. The summed E-state index contributed by atoms with van der Waals surface area (Å²) in [7, 11) is 0. The lowest BCUT2D eigenvalue weighted by Gasteiger charge is -2.19. The second kappa shape index (κ2) is 5.01. The summed E-state index contributed by atoms with van der Waals surface area (Å²) in [5.74, 6) is 0. The molecule has 0 atom stereocenters. The molecule has 0 heterocycles. The van der Waals surface area contributed by atoms with Crippen molar-refractivity contribution in [2.24, 2.45) is 0 Å². The van der Waals surface area contributed by atoms with E-state index in [-0.39, 0.29) is 0 Å². The molecule has 0 spiro atoms. The summed E-state index contributed by atoms with van der Waals surface area (Å²) in [5, 5.41) is 0. The largest absolute Gasteiger partial charge is 0.431 e. The van der Waals surface area contributed by atoms with Gasteiger partial charge in [-0.2, -0.15) is 0 Å². The van der Waals surface area contributed by atoms with Crippen molar-refractivity contribution in [3.05, 3.63) is 0 Å². The molecule has 0 aromatic carbocycles. The lowest BCUT2D eigenvalue weighted by Crippen LogP contribution is -2.11. The number of hydrogen-bond donors (Lipinski definition) is 0. The highest BCUT2D eigenvalue weighted by Gasteiger charge is 2.40. The minimum atomic E-state index is -4.26. The van der Waals surface area contributed by atoms with Crippen molar-refractivity contribution in [3.63, 3.8) is 0 Å². The molecule has 0 fully saturated rings. The Hall–Kier alpha value is 2.18. The van der Waals surface area contributed by atoms with Crippen LogP contribution in [-0.2, 0) is 13.6 Å². The van der Waals surface area contributed by atoms with Gasteiger partial charge in [0.15, 0.2) is 0 Å². The van der Waals surface area contributed by atoms with Crippen molar-refractivity contribution >= 4 is 87.8 Å². The van der Waals surface area contributed by atoms with Crippen LogP contribution in [0.25, 0.3) is 0 Å². The van der Waals surface area contributed by atoms with Crippen LogP contribution in [-0.4, -0.2) is 7.96 Å². The highest BCUT2D eigenvalue weighted by Crippen LogP contribution is 2.62. The summed E-state index contributed by atoms with van der Waals surface area (Å²) in [6.07, 6.45) is 0. The van der Waals surface area contributed by atoms with E-state index in [0.29, 0.717) is 0 Å². The molecule has 80 valence electrons. The van der Waals surface area contributed by atoms with Gasteiger partial charge in [0.1, 0.15) is 0 Å². The molecule has 0 amide bonds. The Morgan fingerprint density at radius 2 is 1.08 bits per heavy atom. The van der Waals surface area contributed by atoms with Gasteiger partial charge in [-0.1, -0.05) is 69.6 Å². The molecule has 0 radical (unpaired) electrons. The zero-order valence-electron chi connectivity index (χ0n) is 5.32. The molecule has 0 aliphatic rings. The first-order valence-electron chi connectivity index (χ1n) is 2.26. The third-order valence-electron chi connectivity index (χ3n) is 0.425. The SMILES string of the molecule is O=P(Cl)(OC(Cl)(Cl)Cl)OC(Cl)(Cl)Cl. The molecule has 0 aliphatic heterocycles. The maximum atomic E-state index is 11.1. The van der Waals surface area contributed by atoms with Crippen LogP contribution in [0, 0.1) is 0 Å². The van der Waals surface area contributed by atoms with Gasteiger partial charge in [-0.3, -0.25) is 0 Å². The molecular weight excluding hydrogens is 351 g/mol. The second-order valence-electron chi connectivity index (χ2n) is 1.50. The standard InChI is InChI=1S/C2Cl7O3P/c3-1(4,5)11-13(9,10)12-2(6,7)8. The molecule has 3 nitrogen and oxygen atoms in total. The monoisotopic (exact) mass is 348 g/mol. The predicted molar refractivity (Wildman–Crippen MR) is 56.2 cm³/mol. The Labute approximate surface area is 109 Å². The van der Waals surface area contributed by atoms with Crippen molar-refractivity contribution in [1.29, 1.82) is 0 Å². The molecule has 11 heteroatoms. The summed E-state index contributed by atoms with van der Waals surface area (Å²) in [5.41, 5.74) is 0. The van der Waals surface area contributed by atoms with Gasteiger partial charge in [0, 0.05) is 11.2 Å². The zero-order chi connectivity index (χ0) is 10.9. The Morgan fingerprint density at radius 3 is 1.23 bits per heavy atom. The molecule has 0 N–H and O–H groups in total. The van der Waals surface area contributed by atoms with E-state index in [9.17, 15) is 4.57 Å². The zero-order valence-corrected chi connectivity index (χ0v) is 11.5. The molecule has 13 heavy (non-hydrogen) atoms. The quantitative estimate of drug-likeness (QED) is 0.518. The molecule has 0 saturated heterocycles. The van der Waals surface area contributed by atoms with Crippen LogP contribution in [0.2, 0.25) is 0 Å². The second-order valence-corrected chi connectivity index (χ2v) is 8.33. The average molecular weight is 351 g/mol. The highest BCUT2D eigenvalue weighted by molar-refractivity contribution is 7.81. The van der Waals surface area contributed by atoms with E-state index < -0.39 is 14.9 Å². The normalized spacial score (nSPS) is 14.7. The smallest absolute Gasteiger partial charge is 0.245 e. The lowest BCUT2D eigenvalue weighted by atomic mass is 11.6. The first-order valence-corrected chi connectivity index (χ1v) is 6.97. The summed E-state index contributed by atoms with van der Waals surface area (Å²) in [6.45, 7) is -4.26. The van der Waals surface area contributed by atoms with Gasteiger partial charge in [-0.15, -0.1) is 0 Å². The van der Waals surface area contributed by atoms with Gasteiger partial charge in [0.2, 0.25) is 0 Å². The minimum Gasteiger partial charge on any atom is -0.245 e. The van der Waals surface area contributed by atoms with E-state index in [1.165, 1.54) is 0 Å². The van der Waals surface area contributed by atoms with Crippen molar-refractivity contribution in [2.45, 2.75) is 7.96 Å². The molecule has 0 unspecified atom stereocenters. The van der Waals surface area contributed by atoms with E-state index in [0.717, 1.165) is 0 Å². The lowest BCUT2D eigenvalue weighted by molar-refractivity contribution is 0.217. The van der Waals surface area contributed by atoms with E-state index in [1.807, 2.05) is 0 Å². The predicted octanol–water partition coefficient (Wildman–Crippen LogP) is 5.02. The van der Waals surface area contributed by atoms with Crippen LogP contribution in [0.3, 0.4) is 0 Å². The van der Waals surface area contributed by atoms with Crippen LogP contribution in [0.5, 0.6) is 0 Å². The van der Waals surface area contributed by atoms with E-state index in [4.69, 9.17) is 80.8 Å². The van der Waals surface area contributed by atoms with Crippen molar-refractivity contribution in [3.8, 4) is 0 Å². The molecule has 0 aliphatic carbocycles. The number of halogens is 7. The van der Waals surface area contributed by atoms with Crippen molar-refractivity contribution in [1.82, 2.24) is 0 Å². The summed E-state index contributed by atoms with van der Waals surface area (Å²) >= 11 is 35.6. The Bertz CT molecular complexity index is 197. The van der Waals surface area contributed by atoms with Gasteiger partial charge < -0.3 is 0 Å². The van der Waals surface area contributed by atoms with Crippen molar-refractivity contribution in [2.75, 3.05) is 0 Å². The Balaban J connectivity index is 4.35. The van der Waals surface area contributed by atoms with Crippen LogP contribution in [0.4, 0.5) is 0 Å². The fourth-order valence-electron chi connectivity index (χ4n) is 0.266. The molecule has 0 aromatic heterocycles. The van der Waals surface area contributed by atoms with E-state index in [2.05, 4.69) is 9.05 Å². The fourth-order valence-corrected chi connectivity index (χ4v) is 3.69. The number of rotatable bonds is 2. The van der Waals surface area contributed by atoms with Crippen LogP contribution in [0.15, 0.2) is 0 Å². The fraction of sp³-hybridized carbons (Fsp3) is 1.00. The molecule has 0 rings (SSSR count). The van der Waals surface area contributed by atoms with E-state index in [1.54, 1.807) is 0 Å². The average Bonchev–Trinajstić information content (AvgIpc) is 1.43. The van der Waals surface area contributed by atoms with Crippen LogP contribution < -0.4 is 0 Å². The van der Waals surface area contributed by atoms with Gasteiger partial charge in [-0.05, 0) is 0 Å². The minimum absolute atomic E-state index is 2.33. The topological polar surface area (TPSA) is 35.5 Å². The maximum Gasteiger partial charge on any atom is 0.431 e. The molecular formula is C2Cl7O3P. The highest BCUT2D eigenvalue weighted by atomic mass is 35.7. The van der Waals surface area contributed by atoms with Gasteiger partial charge in [0.05, 0.1) is 0 Å². The number of alkyl halides is 6. The first kappa shape index (κ1) is 15.2. The van der Waals surface area contributed by atoms with E-state index >= 15 is 0 Å².